The van der Waals surface area contributed by atoms with E-state index in [1.807, 2.05) is 0 Å². The summed E-state index contributed by atoms with van der Waals surface area (Å²) < 4.78 is 13.0. The van der Waals surface area contributed by atoms with E-state index in [1.54, 1.807) is 17.5 Å². The zero-order valence-electron chi connectivity index (χ0n) is 13.0. The van der Waals surface area contributed by atoms with Crippen molar-refractivity contribution in [3.63, 3.8) is 0 Å². The lowest BCUT2D eigenvalue weighted by Gasteiger charge is -1.97. The number of carbonyl (C=O) groups is 1. The second-order valence-electron chi connectivity index (χ2n) is 5.10. The van der Waals surface area contributed by atoms with Crippen molar-refractivity contribution in [1.29, 1.82) is 0 Å². The molecule has 0 spiro atoms. The lowest BCUT2D eigenvalue weighted by molar-refractivity contribution is 0.102. The summed E-state index contributed by atoms with van der Waals surface area (Å²) in [7, 11) is 0. The Kier molecular flexibility index (Phi) is 5.27. The number of unbranched alkanes of at least 4 members (excludes halogenated alkanes) is 1. The van der Waals surface area contributed by atoms with Crippen LogP contribution in [0, 0.1) is 5.82 Å². The predicted molar refractivity (Wildman–Crippen MR) is 94.0 cm³/mol. The Morgan fingerprint density at radius 1 is 1.25 bits per heavy atom. The zero-order valence-corrected chi connectivity index (χ0v) is 14.6. The highest BCUT2D eigenvalue weighted by atomic mass is 32.1. The maximum absolute atomic E-state index is 13.0. The monoisotopic (exact) mass is 362 g/mol. The summed E-state index contributed by atoms with van der Waals surface area (Å²) in [5.41, 5.74) is 1.09. The van der Waals surface area contributed by atoms with E-state index in [1.165, 1.54) is 34.8 Å². The average Bonchev–Trinajstić information content (AvgIpc) is 3.23. The summed E-state index contributed by atoms with van der Waals surface area (Å²) in [4.78, 5) is 16.6. The minimum absolute atomic E-state index is 0.302. The van der Waals surface area contributed by atoms with E-state index in [4.69, 9.17) is 0 Å². The number of halogens is 1. The van der Waals surface area contributed by atoms with Gasteiger partial charge in [-0.1, -0.05) is 24.7 Å². The minimum atomic E-state index is -0.321. The highest BCUT2D eigenvalue weighted by Crippen LogP contribution is 2.25. The van der Waals surface area contributed by atoms with Gasteiger partial charge in [-0.25, -0.2) is 9.37 Å². The number of nitrogens with zero attached hydrogens (tertiary/aromatic N) is 3. The van der Waals surface area contributed by atoms with Crippen molar-refractivity contribution in [2.24, 2.45) is 0 Å². The van der Waals surface area contributed by atoms with Gasteiger partial charge in [-0.3, -0.25) is 10.1 Å². The van der Waals surface area contributed by atoms with E-state index in [0.29, 0.717) is 15.8 Å². The molecule has 0 aliphatic carbocycles. The third-order valence-corrected chi connectivity index (χ3v) is 5.05. The minimum Gasteiger partial charge on any atom is -0.295 e. The fraction of sp³-hybridized carbons (Fsp3) is 0.250. The molecule has 124 valence electrons. The Bertz CT molecular complexity index is 829. The van der Waals surface area contributed by atoms with Crippen LogP contribution in [0.15, 0.2) is 29.6 Å². The highest BCUT2D eigenvalue weighted by molar-refractivity contribution is 7.15. The molecule has 0 fully saturated rings. The number of amides is 1. The molecule has 2 heterocycles. The first-order chi connectivity index (χ1) is 11.7. The number of thiazole rings is 1. The van der Waals surface area contributed by atoms with Crippen LogP contribution in [0.5, 0.6) is 0 Å². The van der Waals surface area contributed by atoms with Crippen LogP contribution in [-0.4, -0.2) is 21.1 Å². The van der Waals surface area contributed by atoms with Crippen LogP contribution in [0.1, 0.15) is 35.3 Å². The number of rotatable bonds is 6. The molecular formula is C16H15FN4OS2. The van der Waals surface area contributed by atoms with Gasteiger partial charge in [0.15, 0.2) is 0 Å². The Morgan fingerprint density at radius 2 is 2.04 bits per heavy atom. The van der Waals surface area contributed by atoms with Crippen LogP contribution in [0.3, 0.4) is 0 Å². The van der Waals surface area contributed by atoms with Gasteiger partial charge in [-0.2, -0.15) is 0 Å². The number of benzene rings is 1. The first-order valence-electron chi connectivity index (χ1n) is 7.51. The van der Waals surface area contributed by atoms with Crippen LogP contribution in [0.2, 0.25) is 0 Å². The molecule has 0 saturated heterocycles. The number of aromatic nitrogens is 3. The van der Waals surface area contributed by atoms with E-state index in [-0.39, 0.29) is 11.7 Å². The van der Waals surface area contributed by atoms with Gasteiger partial charge in [0, 0.05) is 17.4 Å². The van der Waals surface area contributed by atoms with Crippen LogP contribution >= 0.6 is 22.7 Å². The van der Waals surface area contributed by atoms with Crippen LogP contribution in [-0.2, 0) is 6.42 Å². The van der Waals surface area contributed by atoms with Gasteiger partial charge < -0.3 is 0 Å². The normalized spacial score (nSPS) is 10.8. The number of nitrogens with one attached hydrogen (secondary N) is 1. The van der Waals surface area contributed by atoms with Crippen LogP contribution in [0.4, 0.5) is 9.52 Å². The molecule has 5 nitrogen and oxygen atoms in total. The summed E-state index contributed by atoms with van der Waals surface area (Å²) in [6.45, 7) is 2.12. The van der Waals surface area contributed by atoms with E-state index in [2.05, 4.69) is 27.4 Å². The van der Waals surface area contributed by atoms with Gasteiger partial charge in [-0.05, 0) is 30.7 Å². The third-order valence-electron chi connectivity index (χ3n) is 3.26. The van der Waals surface area contributed by atoms with E-state index < -0.39 is 0 Å². The van der Waals surface area contributed by atoms with Crippen molar-refractivity contribution in [3.05, 3.63) is 46.2 Å². The molecule has 0 atom stereocenters. The molecule has 2 aromatic heterocycles. The van der Waals surface area contributed by atoms with Gasteiger partial charge in [0.1, 0.15) is 21.5 Å². The first kappa shape index (κ1) is 16.7. The summed E-state index contributed by atoms with van der Waals surface area (Å²) in [5.74, 6) is -0.624. The summed E-state index contributed by atoms with van der Waals surface area (Å²) in [5, 5.41) is 14.5. The molecule has 0 aliphatic rings. The Morgan fingerprint density at radius 3 is 2.79 bits per heavy atom. The van der Waals surface area contributed by atoms with Crippen molar-refractivity contribution in [1.82, 2.24) is 15.2 Å². The van der Waals surface area contributed by atoms with Gasteiger partial charge in [0.2, 0.25) is 5.13 Å². The summed E-state index contributed by atoms with van der Waals surface area (Å²) >= 11 is 2.72. The Labute approximate surface area is 146 Å². The van der Waals surface area contributed by atoms with Crippen molar-refractivity contribution >= 4 is 33.7 Å². The summed E-state index contributed by atoms with van der Waals surface area (Å²) in [6, 6.07) is 6.02. The first-order valence-corrected chi connectivity index (χ1v) is 9.20. The topological polar surface area (TPSA) is 67.8 Å². The third kappa shape index (κ3) is 4.01. The molecule has 0 saturated carbocycles. The van der Waals surface area contributed by atoms with Gasteiger partial charge in [-0.15, -0.1) is 21.5 Å². The number of aryl methyl sites for hydroxylation is 1. The molecule has 1 N–H and O–H groups in total. The van der Waals surface area contributed by atoms with E-state index >= 15 is 0 Å². The summed E-state index contributed by atoms with van der Waals surface area (Å²) in [6.07, 6.45) is 3.01. The maximum atomic E-state index is 13.0. The van der Waals surface area contributed by atoms with E-state index in [0.717, 1.165) is 29.8 Å². The number of anilines is 1. The largest absolute Gasteiger partial charge is 0.295 e. The molecule has 0 bridgehead atoms. The molecule has 0 radical (unpaired) electrons. The Hall–Kier alpha value is -2.19. The van der Waals surface area contributed by atoms with Crippen LogP contribution < -0.4 is 5.32 Å². The fourth-order valence-electron chi connectivity index (χ4n) is 2.00. The Balaban J connectivity index is 1.67. The molecule has 0 aliphatic heterocycles. The van der Waals surface area contributed by atoms with Crippen molar-refractivity contribution < 1.29 is 9.18 Å². The lowest BCUT2D eigenvalue weighted by Crippen LogP contribution is -2.12. The van der Waals surface area contributed by atoms with Crippen molar-refractivity contribution in [3.8, 4) is 10.6 Å². The average molecular weight is 362 g/mol. The molecule has 3 rings (SSSR count). The maximum Gasteiger partial charge on any atom is 0.276 e. The van der Waals surface area contributed by atoms with Crippen molar-refractivity contribution in [2.75, 3.05) is 5.32 Å². The predicted octanol–water partition coefficient (Wildman–Crippen LogP) is 4.40. The number of hydrogen-bond donors (Lipinski definition) is 1. The molecule has 24 heavy (non-hydrogen) atoms. The zero-order chi connectivity index (χ0) is 16.9. The lowest BCUT2D eigenvalue weighted by atomic mass is 10.2. The smallest absolute Gasteiger partial charge is 0.276 e. The molecule has 1 aromatic carbocycles. The van der Waals surface area contributed by atoms with Gasteiger partial charge in [0.25, 0.3) is 5.91 Å². The molecule has 0 unspecified atom stereocenters. The van der Waals surface area contributed by atoms with Gasteiger partial charge >= 0.3 is 0 Å². The molecule has 3 aromatic rings. The second-order valence-corrected chi connectivity index (χ2v) is 7.02. The van der Waals surface area contributed by atoms with E-state index in [9.17, 15) is 9.18 Å². The highest BCUT2D eigenvalue weighted by Gasteiger charge is 2.14. The quantitative estimate of drug-likeness (QED) is 0.706. The molecular weight excluding hydrogens is 347 g/mol. The van der Waals surface area contributed by atoms with Gasteiger partial charge in [0.05, 0.1) is 0 Å². The molecule has 8 heteroatoms. The molecule has 1 amide bonds. The van der Waals surface area contributed by atoms with Crippen LogP contribution in [0.25, 0.3) is 10.6 Å². The fourth-order valence-corrected chi connectivity index (χ4v) is 3.58. The van der Waals surface area contributed by atoms with Crippen molar-refractivity contribution in [2.45, 2.75) is 26.2 Å². The standard InChI is InChI=1S/C16H15FN4OS2/c1-2-3-4-13-20-21-16(24-13)19-14(22)12-9-23-15(18-12)10-5-7-11(17)8-6-10/h5-9H,2-4H2,1H3,(H,19,21,22). The number of carbonyl (C=O) groups excluding carboxylic acids is 1. The number of hydrogen-bond acceptors (Lipinski definition) is 6. The SMILES string of the molecule is CCCCc1nnc(NC(=O)c2csc(-c3ccc(F)cc3)n2)s1. The second kappa shape index (κ2) is 7.59.